The molecule has 0 bridgehead atoms. The molecule has 0 atom stereocenters. The van der Waals surface area contributed by atoms with Crippen LogP contribution in [0.2, 0.25) is 0 Å². The number of anilines is 1. The van der Waals surface area contributed by atoms with Gasteiger partial charge in [-0.3, -0.25) is 9.69 Å². The first-order valence-electron chi connectivity index (χ1n) is 7.82. The van der Waals surface area contributed by atoms with Crippen LogP contribution in [0.15, 0.2) is 24.3 Å². The maximum atomic E-state index is 12.2. The predicted octanol–water partition coefficient (Wildman–Crippen LogP) is -0.00930. The van der Waals surface area contributed by atoms with Crippen LogP contribution in [0.25, 0.3) is 0 Å². The smallest absolute Gasteiger partial charge is 0.410 e. The largest absolute Gasteiger partial charge is 0.495 e. The Bertz CT molecular complexity index is 542. The van der Waals surface area contributed by atoms with Gasteiger partial charge in [-0.1, -0.05) is 12.1 Å². The van der Waals surface area contributed by atoms with E-state index in [1.165, 1.54) is 0 Å². The topological polar surface area (TPSA) is 72.3 Å². The van der Waals surface area contributed by atoms with Crippen LogP contribution < -0.4 is 15.0 Å². The summed E-state index contributed by atoms with van der Waals surface area (Å²) < 4.78 is 10.2. The lowest BCUT2D eigenvalue weighted by Gasteiger charge is -2.31. The summed E-state index contributed by atoms with van der Waals surface area (Å²) in [7, 11) is 1.57. The Morgan fingerprint density at radius 2 is 1.96 bits per heavy atom. The third-order valence-electron chi connectivity index (χ3n) is 3.79. The molecule has 7 heteroatoms. The van der Waals surface area contributed by atoms with E-state index >= 15 is 0 Å². The molecule has 0 spiro atoms. The fourth-order valence-electron chi connectivity index (χ4n) is 2.57. The molecule has 23 heavy (non-hydrogen) atoms. The van der Waals surface area contributed by atoms with E-state index in [-0.39, 0.29) is 12.0 Å². The fraction of sp³-hybridized carbons (Fsp3) is 0.500. The van der Waals surface area contributed by atoms with E-state index < -0.39 is 0 Å². The van der Waals surface area contributed by atoms with Gasteiger partial charge in [-0.05, 0) is 19.1 Å². The molecule has 0 unspecified atom stereocenters. The first kappa shape index (κ1) is 17.1. The van der Waals surface area contributed by atoms with E-state index in [9.17, 15) is 9.59 Å². The van der Waals surface area contributed by atoms with Crippen LogP contribution in [-0.2, 0) is 9.53 Å². The number of amides is 2. The van der Waals surface area contributed by atoms with Crippen molar-refractivity contribution in [3.05, 3.63) is 24.3 Å². The first-order valence-corrected chi connectivity index (χ1v) is 7.82. The SMILES string of the molecule is CCOC(=O)N1CC[NH+](CC(=O)Nc2ccccc2OC)CC1. The van der Waals surface area contributed by atoms with Crippen molar-refractivity contribution in [2.75, 3.05) is 51.8 Å². The molecule has 2 N–H and O–H groups in total. The average Bonchev–Trinajstić information content (AvgIpc) is 2.56. The van der Waals surface area contributed by atoms with E-state index in [0.717, 1.165) is 18.0 Å². The molecule has 2 rings (SSSR count). The molecule has 0 saturated carbocycles. The fourth-order valence-corrected chi connectivity index (χ4v) is 2.57. The number of quaternary nitrogens is 1. The van der Waals surface area contributed by atoms with Crippen molar-refractivity contribution in [3.8, 4) is 5.75 Å². The van der Waals surface area contributed by atoms with E-state index in [0.29, 0.717) is 37.7 Å². The number of carbonyl (C=O) groups is 2. The summed E-state index contributed by atoms with van der Waals surface area (Å²) in [6.07, 6.45) is -0.273. The summed E-state index contributed by atoms with van der Waals surface area (Å²) in [5, 5.41) is 2.87. The van der Waals surface area contributed by atoms with Crippen LogP contribution in [0.4, 0.5) is 10.5 Å². The molecule has 1 fully saturated rings. The van der Waals surface area contributed by atoms with Gasteiger partial charge in [-0.15, -0.1) is 0 Å². The standard InChI is InChI=1S/C16H23N3O4/c1-3-23-16(21)19-10-8-18(9-11-19)12-15(20)17-13-6-4-5-7-14(13)22-2/h4-7H,3,8-12H2,1-2H3,(H,17,20)/p+1. The maximum Gasteiger partial charge on any atom is 0.410 e. The van der Waals surface area contributed by atoms with Crippen molar-refractivity contribution >= 4 is 17.7 Å². The second kappa shape index (κ2) is 8.38. The molecule has 1 aromatic carbocycles. The van der Waals surface area contributed by atoms with Gasteiger partial charge in [0.15, 0.2) is 6.54 Å². The number of hydrogen-bond acceptors (Lipinski definition) is 4. The molecule has 7 nitrogen and oxygen atoms in total. The number of benzene rings is 1. The quantitative estimate of drug-likeness (QED) is 0.800. The number of hydrogen-bond donors (Lipinski definition) is 2. The van der Waals surface area contributed by atoms with E-state index in [2.05, 4.69) is 5.32 Å². The second-order valence-corrected chi connectivity index (χ2v) is 5.36. The summed E-state index contributed by atoms with van der Waals surface area (Å²) in [6, 6.07) is 7.32. The van der Waals surface area contributed by atoms with Gasteiger partial charge in [0.25, 0.3) is 5.91 Å². The molecular weight excluding hydrogens is 298 g/mol. The molecule has 0 aromatic heterocycles. The number of rotatable bonds is 5. The molecule has 0 aliphatic carbocycles. The highest BCUT2D eigenvalue weighted by Crippen LogP contribution is 2.22. The summed E-state index contributed by atoms with van der Waals surface area (Å²) in [5.74, 6) is 0.581. The lowest BCUT2D eigenvalue weighted by molar-refractivity contribution is -0.895. The average molecular weight is 322 g/mol. The van der Waals surface area contributed by atoms with Crippen molar-refractivity contribution < 1.29 is 24.0 Å². The Morgan fingerprint density at radius 1 is 1.26 bits per heavy atom. The van der Waals surface area contributed by atoms with Crippen LogP contribution in [0.1, 0.15) is 6.92 Å². The summed E-state index contributed by atoms with van der Waals surface area (Å²) >= 11 is 0. The van der Waals surface area contributed by atoms with Crippen molar-refractivity contribution in [3.63, 3.8) is 0 Å². The third kappa shape index (κ3) is 4.85. The van der Waals surface area contributed by atoms with Gasteiger partial charge in [0.2, 0.25) is 0 Å². The van der Waals surface area contributed by atoms with Gasteiger partial charge >= 0.3 is 6.09 Å². The number of methoxy groups -OCH3 is 1. The Hall–Kier alpha value is -2.28. The maximum absolute atomic E-state index is 12.2. The highest BCUT2D eigenvalue weighted by molar-refractivity contribution is 5.92. The minimum atomic E-state index is -0.273. The van der Waals surface area contributed by atoms with Crippen LogP contribution in [0.3, 0.4) is 0 Å². The monoisotopic (exact) mass is 322 g/mol. The Morgan fingerprint density at radius 3 is 2.61 bits per heavy atom. The molecule has 0 radical (unpaired) electrons. The first-order chi connectivity index (χ1) is 11.1. The van der Waals surface area contributed by atoms with E-state index in [4.69, 9.17) is 9.47 Å². The molecule has 1 aliphatic heterocycles. The zero-order chi connectivity index (χ0) is 16.7. The molecule has 2 amide bonds. The number of para-hydroxylation sites is 2. The Kier molecular flexibility index (Phi) is 6.22. The van der Waals surface area contributed by atoms with Gasteiger partial charge in [0.1, 0.15) is 5.75 Å². The van der Waals surface area contributed by atoms with Gasteiger partial charge < -0.3 is 19.7 Å². The third-order valence-corrected chi connectivity index (χ3v) is 3.79. The van der Waals surface area contributed by atoms with Crippen molar-refractivity contribution in [2.24, 2.45) is 0 Å². The van der Waals surface area contributed by atoms with Crippen LogP contribution in [0, 0.1) is 0 Å². The highest BCUT2D eigenvalue weighted by atomic mass is 16.6. The Labute approximate surface area is 136 Å². The zero-order valence-electron chi connectivity index (χ0n) is 13.6. The number of carbonyl (C=O) groups excluding carboxylic acids is 2. The van der Waals surface area contributed by atoms with Crippen molar-refractivity contribution in [2.45, 2.75) is 6.92 Å². The van der Waals surface area contributed by atoms with E-state index in [1.54, 1.807) is 25.0 Å². The molecule has 1 aromatic rings. The summed E-state index contributed by atoms with van der Waals surface area (Å²) in [4.78, 5) is 26.7. The number of piperazine rings is 1. The van der Waals surface area contributed by atoms with Crippen LogP contribution in [0.5, 0.6) is 5.75 Å². The minimum absolute atomic E-state index is 0.0610. The molecule has 1 saturated heterocycles. The van der Waals surface area contributed by atoms with Crippen LogP contribution >= 0.6 is 0 Å². The van der Waals surface area contributed by atoms with Gasteiger partial charge in [0, 0.05) is 0 Å². The van der Waals surface area contributed by atoms with Crippen molar-refractivity contribution in [1.29, 1.82) is 0 Å². The number of nitrogens with zero attached hydrogens (tertiary/aromatic N) is 1. The second-order valence-electron chi connectivity index (χ2n) is 5.36. The molecule has 1 heterocycles. The molecule has 1 aliphatic rings. The lowest BCUT2D eigenvalue weighted by Crippen LogP contribution is -3.15. The minimum Gasteiger partial charge on any atom is -0.495 e. The number of ether oxygens (including phenoxy) is 2. The van der Waals surface area contributed by atoms with Gasteiger partial charge in [0.05, 0.1) is 45.6 Å². The predicted molar refractivity (Wildman–Crippen MR) is 85.8 cm³/mol. The van der Waals surface area contributed by atoms with E-state index in [1.807, 2.05) is 18.2 Å². The van der Waals surface area contributed by atoms with Gasteiger partial charge in [-0.2, -0.15) is 0 Å². The highest BCUT2D eigenvalue weighted by Gasteiger charge is 2.26. The zero-order valence-corrected chi connectivity index (χ0v) is 13.6. The van der Waals surface area contributed by atoms with Crippen molar-refractivity contribution in [1.82, 2.24) is 4.90 Å². The van der Waals surface area contributed by atoms with Gasteiger partial charge in [-0.25, -0.2) is 4.79 Å². The Balaban J connectivity index is 1.80. The van der Waals surface area contributed by atoms with Crippen LogP contribution in [-0.4, -0.2) is 63.3 Å². The summed E-state index contributed by atoms with van der Waals surface area (Å²) in [6.45, 7) is 5.23. The molecule has 126 valence electrons. The lowest BCUT2D eigenvalue weighted by atomic mass is 10.3. The molecular formula is C16H24N3O4+. The summed E-state index contributed by atoms with van der Waals surface area (Å²) in [5.41, 5.74) is 0.671. The number of nitrogens with one attached hydrogen (secondary N) is 2. The normalized spacial score (nSPS) is 15.1.